The van der Waals surface area contributed by atoms with E-state index in [1.165, 1.54) is 13.2 Å². The molecule has 18 heavy (non-hydrogen) atoms. The predicted octanol–water partition coefficient (Wildman–Crippen LogP) is 2.80. The van der Waals surface area contributed by atoms with Gasteiger partial charge in [-0.05, 0) is 39.7 Å². The third-order valence-corrected chi connectivity index (χ3v) is 3.03. The van der Waals surface area contributed by atoms with Crippen LogP contribution in [0.2, 0.25) is 0 Å². The lowest BCUT2D eigenvalue weighted by atomic mass is 10.2. The van der Waals surface area contributed by atoms with Crippen LogP contribution in [0.25, 0.3) is 6.08 Å². The Kier molecular flexibility index (Phi) is 4.25. The minimum Gasteiger partial charge on any atom is -0.489 e. The van der Waals surface area contributed by atoms with Gasteiger partial charge in [0, 0.05) is 12.5 Å². The number of hydrogen-bond donors (Lipinski definition) is 0. The van der Waals surface area contributed by atoms with E-state index in [-0.39, 0.29) is 0 Å². The van der Waals surface area contributed by atoms with Gasteiger partial charge in [-0.1, -0.05) is 0 Å². The molecule has 1 aromatic carbocycles. The molecule has 5 heteroatoms. The van der Waals surface area contributed by atoms with Crippen molar-refractivity contribution in [2.45, 2.75) is 6.42 Å². The molecule has 0 aromatic heterocycles. The van der Waals surface area contributed by atoms with Gasteiger partial charge in [-0.25, -0.2) is 4.79 Å². The Morgan fingerprint density at radius 1 is 1.39 bits per heavy atom. The molecule has 2 rings (SSSR count). The number of benzene rings is 1. The van der Waals surface area contributed by atoms with Gasteiger partial charge in [0.1, 0.15) is 0 Å². The molecule has 0 saturated carbocycles. The van der Waals surface area contributed by atoms with Gasteiger partial charge in [0.15, 0.2) is 11.5 Å². The van der Waals surface area contributed by atoms with Crippen LogP contribution in [0.5, 0.6) is 11.5 Å². The number of carbonyl (C=O) groups is 1. The first-order valence-electron chi connectivity index (χ1n) is 5.56. The average molecular weight is 313 g/mol. The molecule has 0 bridgehead atoms. The second kappa shape index (κ2) is 5.91. The zero-order valence-electron chi connectivity index (χ0n) is 9.94. The van der Waals surface area contributed by atoms with Crippen molar-refractivity contribution in [1.29, 1.82) is 0 Å². The topological polar surface area (TPSA) is 44.8 Å². The van der Waals surface area contributed by atoms with Crippen molar-refractivity contribution in [3.8, 4) is 11.5 Å². The van der Waals surface area contributed by atoms with E-state index in [0.717, 1.165) is 16.5 Å². The number of esters is 1. The lowest BCUT2D eigenvalue weighted by molar-refractivity contribution is -0.134. The van der Waals surface area contributed by atoms with Crippen LogP contribution in [0, 0.1) is 0 Å². The van der Waals surface area contributed by atoms with Crippen LogP contribution >= 0.6 is 15.9 Å². The van der Waals surface area contributed by atoms with E-state index >= 15 is 0 Å². The van der Waals surface area contributed by atoms with Gasteiger partial charge in [-0.2, -0.15) is 0 Å². The highest BCUT2D eigenvalue weighted by atomic mass is 79.9. The summed E-state index contributed by atoms with van der Waals surface area (Å²) in [6.45, 7) is 1.27. The number of methoxy groups -OCH3 is 1. The van der Waals surface area contributed by atoms with Crippen LogP contribution in [-0.2, 0) is 9.53 Å². The van der Waals surface area contributed by atoms with E-state index in [0.29, 0.717) is 24.7 Å². The van der Waals surface area contributed by atoms with E-state index < -0.39 is 5.97 Å². The number of carbonyl (C=O) groups excluding carboxylic acids is 1. The largest absolute Gasteiger partial charge is 0.489 e. The summed E-state index contributed by atoms with van der Waals surface area (Å²) in [6.07, 6.45) is 3.89. The Hall–Kier alpha value is -1.49. The first-order valence-corrected chi connectivity index (χ1v) is 6.35. The van der Waals surface area contributed by atoms with Crippen LogP contribution in [-0.4, -0.2) is 26.3 Å². The average Bonchev–Trinajstić information content (AvgIpc) is 2.61. The quantitative estimate of drug-likeness (QED) is 0.622. The van der Waals surface area contributed by atoms with Gasteiger partial charge in [0.25, 0.3) is 0 Å². The number of rotatable bonds is 2. The Balaban J connectivity index is 2.29. The van der Waals surface area contributed by atoms with Crippen LogP contribution in [0.1, 0.15) is 12.0 Å². The maximum atomic E-state index is 11.0. The smallest absolute Gasteiger partial charge is 0.330 e. The molecule has 0 aliphatic carbocycles. The molecule has 96 valence electrons. The Morgan fingerprint density at radius 3 is 2.94 bits per heavy atom. The molecular weight excluding hydrogens is 300 g/mol. The Bertz CT molecular complexity index is 482. The minimum atomic E-state index is -0.391. The number of ether oxygens (including phenoxy) is 3. The molecule has 1 aromatic rings. The van der Waals surface area contributed by atoms with Crippen LogP contribution in [0.4, 0.5) is 0 Å². The van der Waals surface area contributed by atoms with Crippen LogP contribution < -0.4 is 9.47 Å². The summed E-state index contributed by atoms with van der Waals surface area (Å²) >= 11 is 3.44. The second-order valence-corrected chi connectivity index (χ2v) is 4.59. The normalized spacial score (nSPS) is 14.3. The zero-order valence-corrected chi connectivity index (χ0v) is 11.5. The fourth-order valence-corrected chi connectivity index (χ4v) is 2.15. The summed E-state index contributed by atoms with van der Waals surface area (Å²) < 4.78 is 16.5. The number of fused-ring (bicyclic) bond motifs is 1. The molecule has 0 N–H and O–H groups in total. The standard InChI is InChI=1S/C13H13BrO4/c1-16-12(15)4-3-9-7-10(14)13-11(8-9)17-5-2-6-18-13/h3-4,7-8H,2,5-6H2,1H3/b4-3+. The molecule has 0 radical (unpaired) electrons. The van der Waals surface area contributed by atoms with Crippen molar-refractivity contribution >= 4 is 28.0 Å². The van der Waals surface area contributed by atoms with E-state index in [1.807, 2.05) is 12.1 Å². The van der Waals surface area contributed by atoms with Gasteiger partial charge in [0.2, 0.25) is 0 Å². The summed E-state index contributed by atoms with van der Waals surface area (Å²) in [4.78, 5) is 11.0. The highest BCUT2D eigenvalue weighted by molar-refractivity contribution is 9.10. The third kappa shape index (κ3) is 3.04. The zero-order chi connectivity index (χ0) is 13.0. The Labute approximate surface area is 114 Å². The molecule has 0 unspecified atom stereocenters. The maximum Gasteiger partial charge on any atom is 0.330 e. The first-order chi connectivity index (χ1) is 8.70. The molecular formula is C13H13BrO4. The van der Waals surface area contributed by atoms with E-state index in [2.05, 4.69) is 20.7 Å². The van der Waals surface area contributed by atoms with Crippen molar-refractivity contribution < 1.29 is 19.0 Å². The van der Waals surface area contributed by atoms with Crippen molar-refractivity contribution in [3.63, 3.8) is 0 Å². The fraction of sp³-hybridized carbons (Fsp3) is 0.308. The minimum absolute atomic E-state index is 0.391. The highest BCUT2D eigenvalue weighted by Gasteiger charge is 2.14. The third-order valence-electron chi connectivity index (χ3n) is 2.44. The van der Waals surface area contributed by atoms with Gasteiger partial charge >= 0.3 is 5.97 Å². The van der Waals surface area contributed by atoms with Crippen molar-refractivity contribution in [2.24, 2.45) is 0 Å². The Morgan fingerprint density at radius 2 is 2.17 bits per heavy atom. The highest BCUT2D eigenvalue weighted by Crippen LogP contribution is 2.38. The van der Waals surface area contributed by atoms with Crippen molar-refractivity contribution in [2.75, 3.05) is 20.3 Å². The van der Waals surface area contributed by atoms with E-state index in [4.69, 9.17) is 9.47 Å². The van der Waals surface area contributed by atoms with Crippen LogP contribution in [0.15, 0.2) is 22.7 Å². The predicted molar refractivity (Wildman–Crippen MR) is 70.8 cm³/mol. The summed E-state index contributed by atoms with van der Waals surface area (Å²) in [5.41, 5.74) is 0.844. The fourth-order valence-electron chi connectivity index (χ4n) is 1.58. The number of hydrogen-bond acceptors (Lipinski definition) is 4. The summed E-state index contributed by atoms with van der Waals surface area (Å²) in [5.74, 6) is 1.01. The summed E-state index contributed by atoms with van der Waals surface area (Å²) in [5, 5.41) is 0. The monoisotopic (exact) mass is 312 g/mol. The lowest BCUT2D eigenvalue weighted by Crippen LogP contribution is -1.97. The number of halogens is 1. The maximum absolute atomic E-state index is 11.0. The van der Waals surface area contributed by atoms with Gasteiger partial charge < -0.3 is 14.2 Å². The van der Waals surface area contributed by atoms with E-state index in [1.54, 1.807) is 6.08 Å². The van der Waals surface area contributed by atoms with Crippen molar-refractivity contribution in [3.05, 3.63) is 28.2 Å². The second-order valence-electron chi connectivity index (χ2n) is 3.74. The molecule has 1 heterocycles. The van der Waals surface area contributed by atoms with Gasteiger partial charge in [-0.15, -0.1) is 0 Å². The van der Waals surface area contributed by atoms with Crippen molar-refractivity contribution in [1.82, 2.24) is 0 Å². The molecule has 1 aliphatic heterocycles. The summed E-state index contributed by atoms with van der Waals surface area (Å²) in [7, 11) is 1.34. The van der Waals surface area contributed by atoms with Gasteiger partial charge in [-0.3, -0.25) is 0 Å². The molecule has 1 aliphatic rings. The van der Waals surface area contributed by atoms with Crippen LogP contribution in [0.3, 0.4) is 0 Å². The van der Waals surface area contributed by atoms with Gasteiger partial charge in [0.05, 0.1) is 24.8 Å². The molecule has 0 spiro atoms. The summed E-state index contributed by atoms with van der Waals surface area (Å²) in [6, 6.07) is 3.71. The SMILES string of the molecule is COC(=O)/C=C/c1cc(Br)c2c(c1)OCCCO2. The molecule has 0 amide bonds. The molecule has 0 saturated heterocycles. The molecule has 4 nitrogen and oxygen atoms in total. The van der Waals surface area contributed by atoms with E-state index in [9.17, 15) is 4.79 Å². The molecule has 0 fully saturated rings. The molecule has 0 atom stereocenters. The lowest BCUT2D eigenvalue weighted by Gasteiger charge is -2.10. The first kappa shape index (κ1) is 13.0.